The van der Waals surface area contributed by atoms with Gasteiger partial charge >= 0.3 is 5.91 Å². The lowest BCUT2D eigenvalue weighted by Crippen LogP contribution is -2.29. The lowest BCUT2D eigenvalue weighted by atomic mass is 9.97. The van der Waals surface area contributed by atoms with Gasteiger partial charge in [0, 0.05) is 25.5 Å². The molecule has 0 saturated carbocycles. The fourth-order valence-electron chi connectivity index (χ4n) is 4.37. The summed E-state index contributed by atoms with van der Waals surface area (Å²) in [7, 11) is 0. The number of carbonyl (C=O) groups is 3. The summed E-state index contributed by atoms with van der Waals surface area (Å²) in [5, 5.41) is 11.6. The standard InChI is InChI=1S/C25H21N5O4S/c1-12-7-6-10-29-14(3)18(28-23(12)29)20(32)17-19(16-8-5-9-26-11-16)30(24(34)21(17)33)25-27-13(2)22(35-25)15(4)31/h5-11,19,32H,1-4H3/b20-17+. The second-order valence-corrected chi connectivity index (χ2v) is 9.33. The Hall–Kier alpha value is -4.18. The minimum absolute atomic E-state index is 0.107. The average Bonchev–Trinajstić information content (AvgIpc) is 3.47. The fraction of sp³-hybridized carbons (Fsp3) is 0.200. The number of aliphatic hydroxyl groups is 1. The third kappa shape index (κ3) is 3.45. The number of pyridine rings is 2. The number of nitrogens with zero attached hydrogens (tertiary/aromatic N) is 5. The number of rotatable bonds is 4. The van der Waals surface area contributed by atoms with Crippen LogP contribution in [0.4, 0.5) is 5.13 Å². The van der Waals surface area contributed by atoms with Crippen molar-refractivity contribution in [3.63, 3.8) is 0 Å². The van der Waals surface area contributed by atoms with E-state index in [0.29, 0.717) is 27.5 Å². The zero-order chi connectivity index (χ0) is 25.0. The molecule has 10 heteroatoms. The molecule has 1 unspecified atom stereocenters. The van der Waals surface area contributed by atoms with Crippen LogP contribution < -0.4 is 4.90 Å². The molecule has 9 nitrogen and oxygen atoms in total. The monoisotopic (exact) mass is 487 g/mol. The highest BCUT2D eigenvalue weighted by molar-refractivity contribution is 7.18. The maximum Gasteiger partial charge on any atom is 0.301 e. The maximum absolute atomic E-state index is 13.4. The summed E-state index contributed by atoms with van der Waals surface area (Å²) in [6.45, 7) is 6.78. The number of anilines is 1. The van der Waals surface area contributed by atoms with Crippen LogP contribution in [0.1, 0.15) is 50.8 Å². The normalized spacial score (nSPS) is 17.5. The summed E-state index contributed by atoms with van der Waals surface area (Å²) in [6.07, 6.45) is 4.93. The van der Waals surface area contributed by atoms with Crippen LogP contribution in [0, 0.1) is 20.8 Å². The zero-order valence-corrected chi connectivity index (χ0v) is 20.3. The lowest BCUT2D eigenvalue weighted by Gasteiger charge is -2.22. The first-order chi connectivity index (χ1) is 16.7. The van der Waals surface area contributed by atoms with Crippen molar-refractivity contribution in [3.8, 4) is 0 Å². The molecule has 0 spiro atoms. The van der Waals surface area contributed by atoms with Gasteiger partial charge in [0.1, 0.15) is 11.3 Å². The Morgan fingerprint density at radius 2 is 1.89 bits per heavy atom. The summed E-state index contributed by atoms with van der Waals surface area (Å²) < 4.78 is 1.82. The SMILES string of the molecule is CC(=O)c1sc(N2C(=O)C(=O)/C(=C(/O)c3nc4c(C)cccn4c3C)C2c2cccnc2)nc1C. The number of hydrogen-bond donors (Lipinski definition) is 1. The number of aryl methyl sites for hydroxylation is 3. The van der Waals surface area contributed by atoms with Gasteiger partial charge < -0.3 is 9.51 Å². The van der Waals surface area contributed by atoms with Crippen molar-refractivity contribution in [1.29, 1.82) is 0 Å². The summed E-state index contributed by atoms with van der Waals surface area (Å²) in [4.78, 5) is 53.5. The molecular weight excluding hydrogens is 466 g/mol. The summed E-state index contributed by atoms with van der Waals surface area (Å²) in [6, 6.07) is 6.18. The number of carbonyl (C=O) groups excluding carboxylic acids is 3. The minimum Gasteiger partial charge on any atom is -0.505 e. The van der Waals surface area contributed by atoms with E-state index in [0.717, 1.165) is 16.9 Å². The molecule has 0 bridgehead atoms. The summed E-state index contributed by atoms with van der Waals surface area (Å²) in [5.41, 5.74) is 3.25. The van der Waals surface area contributed by atoms with Crippen LogP contribution in [0.5, 0.6) is 0 Å². The van der Waals surface area contributed by atoms with Crippen molar-refractivity contribution < 1.29 is 19.5 Å². The number of fused-ring (bicyclic) bond motifs is 1. The van der Waals surface area contributed by atoms with Gasteiger partial charge in [-0.2, -0.15) is 0 Å². The van der Waals surface area contributed by atoms with Gasteiger partial charge in [0.2, 0.25) is 0 Å². The topological polar surface area (TPSA) is 118 Å². The van der Waals surface area contributed by atoms with Gasteiger partial charge in [-0.05, 0) is 44.0 Å². The van der Waals surface area contributed by atoms with Crippen molar-refractivity contribution in [2.24, 2.45) is 0 Å². The molecule has 1 saturated heterocycles. The molecule has 4 aromatic rings. The van der Waals surface area contributed by atoms with E-state index in [4.69, 9.17) is 0 Å². The van der Waals surface area contributed by atoms with Gasteiger partial charge in [-0.25, -0.2) is 9.97 Å². The lowest BCUT2D eigenvalue weighted by molar-refractivity contribution is -0.132. The van der Waals surface area contributed by atoms with Crippen molar-refractivity contribution in [3.05, 3.63) is 81.5 Å². The van der Waals surface area contributed by atoms with Crippen LogP contribution in [0.2, 0.25) is 0 Å². The van der Waals surface area contributed by atoms with Gasteiger partial charge in [0.05, 0.1) is 27.9 Å². The second kappa shape index (κ2) is 8.24. The minimum atomic E-state index is -0.987. The molecule has 4 aromatic heterocycles. The highest BCUT2D eigenvalue weighted by Gasteiger charge is 2.49. The van der Waals surface area contributed by atoms with E-state index >= 15 is 0 Å². The molecule has 1 aliphatic rings. The number of hydrogen-bond acceptors (Lipinski definition) is 8. The van der Waals surface area contributed by atoms with E-state index in [1.807, 2.05) is 29.7 Å². The van der Waals surface area contributed by atoms with E-state index in [2.05, 4.69) is 15.0 Å². The van der Waals surface area contributed by atoms with Crippen LogP contribution >= 0.6 is 11.3 Å². The second-order valence-electron chi connectivity index (χ2n) is 8.35. The molecule has 1 amide bonds. The summed E-state index contributed by atoms with van der Waals surface area (Å²) >= 11 is 1.04. The van der Waals surface area contributed by atoms with E-state index in [1.54, 1.807) is 32.2 Å². The smallest absolute Gasteiger partial charge is 0.301 e. The van der Waals surface area contributed by atoms with Crippen LogP contribution in [0.3, 0.4) is 0 Å². The van der Waals surface area contributed by atoms with Gasteiger partial charge in [-0.1, -0.05) is 23.5 Å². The van der Waals surface area contributed by atoms with Gasteiger partial charge in [0.15, 0.2) is 16.7 Å². The van der Waals surface area contributed by atoms with Gasteiger partial charge in [-0.15, -0.1) is 0 Å². The van der Waals surface area contributed by atoms with Crippen molar-refractivity contribution in [1.82, 2.24) is 19.4 Å². The first-order valence-electron chi connectivity index (χ1n) is 10.8. The number of aliphatic hydroxyl groups excluding tert-OH is 1. The van der Waals surface area contributed by atoms with E-state index in [9.17, 15) is 19.5 Å². The van der Waals surface area contributed by atoms with E-state index in [1.165, 1.54) is 18.0 Å². The predicted molar refractivity (Wildman–Crippen MR) is 131 cm³/mol. The molecule has 0 aromatic carbocycles. The van der Waals surface area contributed by atoms with Crippen LogP contribution in [0.25, 0.3) is 11.4 Å². The molecule has 35 heavy (non-hydrogen) atoms. The third-order valence-electron chi connectivity index (χ3n) is 6.06. The van der Waals surface area contributed by atoms with Crippen molar-refractivity contribution in [2.45, 2.75) is 33.7 Å². The first kappa shape index (κ1) is 22.6. The molecule has 1 atom stereocenters. The van der Waals surface area contributed by atoms with Crippen LogP contribution in [-0.2, 0) is 9.59 Å². The van der Waals surface area contributed by atoms with Crippen LogP contribution in [-0.4, -0.2) is 41.9 Å². The molecule has 5 rings (SSSR count). The largest absolute Gasteiger partial charge is 0.505 e. The van der Waals surface area contributed by atoms with Gasteiger partial charge in [0.25, 0.3) is 5.78 Å². The number of aromatic nitrogens is 4. The zero-order valence-electron chi connectivity index (χ0n) is 19.4. The Morgan fingerprint density at radius 3 is 2.51 bits per heavy atom. The Bertz CT molecular complexity index is 1570. The molecule has 1 fully saturated rings. The third-order valence-corrected chi connectivity index (χ3v) is 7.32. The summed E-state index contributed by atoms with van der Waals surface area (Å²) in [5.74, 6) is -2.26. The predicted octanol–water partition coefficient (Wildman–Crippen LogP) is 3.94. The molecule has 176 valence electrons. The van der Waals surface area contributed by atoms with E-state index < -0.39 is 17.7 Å². The first-order valence-corrected chi connectivity index (χ1v) is 11.7. The Labute approximate surface area is 204 Å². The quantitative estimate of drug-likeness (QED) is 0.200. The Kier molecular flexibility index (Phi) is 5.32. The maximum atomic E-state index is 13.4. The van der Waals surface area contributed by atoms with E-state index in [-0.39, 0.29) is 27.9 Å². The molecular formula is C25H21N5O4S. The Morgan fingerprint density at radius 1 is 1.11 bits per heavy atom. The molecule has 1 N–H and O–H groups in total. The molecule has 0 radical (unpaired) electrons. The average molecular weight is 488 g/mol. The van der Waals surface area contributed by atoms with Gasteiger partial charge in [-0.3, -0.25) is 24.3 Å². The van der Waals surface area contributed by atoms with Crippen molar-refractivity contribution in [2.75, 3.05) is 4.90 Å². The van der Waals surface area contributed by atoms with Crippen LogP contribution in [0.15, 0.2) is 48.4 Å². The highest BCUT2D eigenvalue weighted by Crippen LogP contribution is 2.44. The molecule has 1 aliphatic heterocycles. The van der Waals surface area contributed by atoms with Crippen molar-refractivity contribution >= 4 is 45.3 Å². The number of imidazole rings is 1. The fourth-order valence-corrected chi connectivity index (χ4v) is 5.36. The molecule has 5 heterocycles. The number of ketones is 2. The number of thiazole rings is 1. The molecule has 0 aliphatic carbocycles. The Balaban J connectivity index is 1.76. The number of Topliss-reactive ketones (excluding diaryl/α,β-unsaturated/α-hetero) is 2. The highest BCUT2D eigenvalue weighted by atomic mass is 32.1. The number of amides is 1.